The maximum absolute atomic E-state index is 12.3. The summed E-state index contributed by atoms with van der Waals surface area (Å²) in [6.07, 6.45) is 1.02. The average Bonchev–Trinajstić information content (AvgIpc) is 2.35. The second-order valence-electron chi connectivity index (χ2n) is 5.07. The minimum atomic E-state index is -0.611. The number of nitro groups is 1. The van der Waals surface area contributed by atoms with Crippen molar-refractivity contribution in [3.63, 3.8) is 0 Å². The number of carbonyl (C=O) groups excluding carboxylic acids is 1. The number of nitro benzene ring substituents is 1. The monoisotopic (exact) mass is 298 g/mol. The molecule has 1 fully saturated rings. The standard InChI is InChI=1S/C13H15ClN2O4/c1-15(7-8-5-9(17)6-8)13(18)12-10(14)3-2-4-11(12)16(19)20/h2-4,8-9,17H,5-7H2,1H3. The molecule has 0 aliphatic heterocycles. The Morgan fingerprint density at radius 2 is 2.20 bits per heavy atom. The lowest BCUT2D eigenvalue weighted by Gasteiger charge is -2.34. The van der Waals surface area contributed by atoms with Crippen molar-refractivity contribution in [2.24, 2.45) is 5.92 Å². The van der Waals surface area contributed by atoms with E-state index in [4.69, 9.17) is 11.6 Å². The van der Waals surface area contributed by atoms with Crippen molar-refractivity contribution < 1.29 is 14.8 Å². The number of hydrogen-bond donors (Lipinski definition) is 1. The maximum Gasteiger partial charge on any atom is 0.283 e. The Hall–Kier alpha value is -1.66. The summed E-state index contributed by atoms with van der Waals surface area (Å²) >= 11 is 5.93. The maximum atomic E-state index is 12.3. The quantitative estimate of drug-likeness (QED) is 0.681. The van der Waals surface area contributed by atoms with Gasteiger partial charge in [-0.3, -0.25) is 14.9 Å². The Morgan fingerprint density at radius 1 is 1.55 bits per heavy atom. The molecule has 6 nitrogen and oxygen atoms in total. The Kier molecular flexibility index (Phi) is 4.25. The molecule has 1 aliphatic carbocycles. The van der Waals surface area contributed by atoms with Crippen LogP contribution in [0.25, 0.3) is 0 Å². The molecule has 0 spiro atoms. The lowest BCUT2D eigenvalue weighted by Crippen LogP contribution is -2.39. The molecule has 0 radical (unpaired) electrons. The third-order valence-corrected chi connectivity index (χ3v) is 3.81. The van der Waals surface area contributed by atoms with Gasteiger partial charge in [0, 0.05) is 19.7 Å². The highest BCUT2D eigenvalue weighted by molar-refractivity contribution is 6.34. The van der Waals surface area contributed by atoms with E-state index in [0.29, 0.717) is 19.4 Å². The number of hydrogen-bond acceptors (Lipinski definition) is 4. The predicted octanol–water partition coefficient (Wildman–Crippen LogP) is 2.09. The van der Waals surface area contributed by atoms with Crippen molar-refractivity contribution in [3.05, 3.63) is 38.9 Å². The van der Waals surface area contributed by atoms with Gasteiger partial charge in [0.1, 0.15) is 5.56 Å². The summed E-state index contributed by atoms with van der Waals surface area (Å²) in [5.41, 5.74) is -0.371. The van der Waals surface area contributed by atoms with Gasteiger partial charge in [0.05, 0.1) is 16.0 Å². The van der Waals surface area contributed by atoms with Crippen LogP contribution >= 0.6 is 11.6 Å². The van der Waals surface area contributed by atoms with Crippen LogP contribution in [-0.4, -0.2) is 40.5 Å². The molecule has 1 aromatic carbocycles. The first kappa shape index (κ1) is 14.7. The van der Waals surface area contributed by atoms with Crippen LogP contribution in [0.5, 0.6) is 0 Å². The molecule has 0 aromatic heterocycles. The summed E-state index contributed by atoms with van der Waals surface area (Å²) < 4.78 is 0. The zero-order chi connectivity index (χ0) is 14.9. The van der Waals surface area contributed by atoms with Gasteiger partial charge in [-0.2, -0.15) is 0 Å². The first-order chi connectivity index (χ1) is 9.40. The minimum Gasteiger partial charge on any atom is -0.393 e. The van der Waals surface area contributed by atoms with Gasteiger partial charge in [-0.15, -0.1) is 0 Å². The van der Waals surface area contributed by atoms with Gasteiger partial charge in [0.15, 0.2) is 0 Å². The van der Waals surface area contributed by atoms with Crippen molar-refractivity contribution in [1.82, 2.24) is 4.90 Å². The topological polar surface area (TPSA) is 83.7 Å². The fraction of sp³-hybridized carbons (Fsp3) is 0.462. The van der Waals surface area contributed by atoms with E-state index in [1.165, 1.54) is 23.1 Å². The molecule has 2 rings (SSSR count). The third kappa shape index (κ3) is 2.91. The molecule has 20 heavy (non-hydrogen) atoms. The third-order valence-electron chi connectivity index (χ3n) is 3.49. The van der Waals surface area contributed by atoms with Gasteiger partial charge in [0.2, 0.25) is 0 Å². The van der Waals surface area contributed by atoms with Gasteiger partial charge in [-0.25, -0.2) is 0 Å². The van der Waals surface area contributed by atoms with E-state index in [1.54, 1.807) is 7.05 Å². The van der Waals surface area contributed by atoms with E-state index in [-0.39, 0.29) is 28.3 Å². The van der Waals surface area contributed by atoms with Crippen molar-refractivity contribution in [3.8, 4) is 0 Å². The number of amides is 1. The Labute approximate surface area is 121 Å². The second kappa shape index (κ2) is 5.76. The van der Waals surface area contributed by atoms with Crippen molar-refractivity contribution >= 4 is 23.2 Å². The zero-order valence-electron chi connectivity index (χ0n) is 11.0. The van der Waals surface area contributed by atoms with Crippen LogP contribution < -0.4 is 0 Å². The minimum absolute atomic E-state index is 0.0738. The molecule has 0 heterocycles. The highest BCUT2D eigenvalue weighted by Crippen LogP contribution is 2.30. The number of carbonyl (C=O) groups is 1. The Balaban J connectivity index is 2.18. The molecule has 1 saturated carbocycles. The lowest BCUT2D eigenvalue weighted by molar-refractivity contribution is -0.385. The number of aliphatic hydroxyl groups excluding tert-OH is 1. The van der Waals surface area contributed by atoms with Crippen LogP contribution in [0.15, 0.2) is 18.2 Å². The summed E-state index contributed by atoms with van der Waals surface area (Å²) in [5.74, 6) is -0.232. The molecule has 0 saturated heterocycles. The number of rotatable bonds is 4. The van der Waals surface area contributed by atoms with Gasteiger partial charge in [0.25, 0.3) is 11.6 Å². The summed E-state index contributed by atoms with van der Waals surface area (Å²) in [4.78, 5) is 24.1. The SMILES string of the molecule is CN(CC1CC(O)C1)C(=O)c1c(Cl)cccc1[N+](=O)[O-]. The van der Waals surface area contributed by atoms with E-state index in [0.717, 1.165) is 0 Å². The van der Waals surface area contributed by atoms with E-state index >= 15 is 0 Å². The van der Waals surface area contributed by atoms with E-state index in [1.807, 2.05) is 0 Å². The molecule has 0 unspecified atom stereocenters. The summed E-state index contributed by atoms with van der Waals surface area (Å²) in [6, 6.07) is 4.17. The second-order valence-corrected chi connectivity index (χ2v) is 5.48. The number of nitrogens with zero attached hydrogens (tertiary/aromatic N) is 2. The van der Waals surface area contributed by atoms with Crippen molar-refractivity contribution in [2.45, 2.75) is 18.9 Å². The van der Waals surface area contributed by atoms with Crippen molar-refractivity contribution in [2.75, 3.05) is 13.6 Å². The fourth-order valence-corrected chi connectivity index (χ4v) is 2.64. The van der Waals surface area contributed by atoms with E-state index < -0.39 is 10.8 Å². The Bertz CT molecular complexity index is 543. The number of halogens is 1. The molecule has 7 heteroatoms. The molecule has 0 bridgehead atoms. The zero-order valence-corrected chi connectivity index (χ0v) is 11.7. The summed E-state index contributed by atoms with van der Waals surface area (Å²) in [7, 11) is 1.58. The van der Waals surface area contributed by atoms with Crippen LogP contribution in [0.2, 0.25) is 5.02 Å². The van der Waals surface area contributed by atoms with Gasteiger partial charge in [-0.05, 0) is 24.8 Å². The van der Waals surface area contributed by atoms with Crippen LogP contribution in [0.1, 0.15) is 23.2 Å². The molecule has 1 aliphatic rings. The highest BCUT2D eigenvalue weighted by atomic mass is 35.5. The lowest BCUT2D eigenvalue weighted by atomic mass is 9.82. The predicted molar refractivity (Wildman–Crippen MR) is 73.8 cm³/mol. The number of benzene rings is 1. The molecular formula is C13H15ClN2O4. The first-order valence-corrected chi connectivity index (χ1v) is 6.64. The largest absolute Gasteiger partial charge is 0.393 e. The van der Waals surface area contributed by atoms with Gasteiger partial charge >= 0.3 is 0 Å². The van der Waals surface area contributed by atoms with Crippen LogP contribution in [-0.2, 0) is 0 Å². The van der Waals surface area contributed by atoms with Gasteiger partial charge < -0.3 is 10.0 Å². The molecule has 0 atom stereocenters. The molecule has 1 amide bonds. The average molecular weight is 299 g/mol. The van der Waals surface area contributed by atoms with Crippen LogP contribution in [0.4, 0.5) is 5.69 Å². The molecule has 108 valence electrons. The fourth-order valence-electron chi connectivity index (χ4n) is 2.39. The van der Waals surface area contributed by atoms with Crippen LogP contribution in [0.3, 0.4) is 0 Å². The van der Waals surface area contributed by atoms with Crippen LogP contribution in [0, 0.1) is 16.0 Å². The number of aliphatic hydroxyl groups is 1. The van der Waals surface area contributed by atoms with E-state index in [2.05, 4.69) is 0 Å². The molecule has 1 N–H and O–H groups in total. The molecule has 1 aromatic rings. The normalized spacial score (nSPS) is 21.1. The summed E-state index contributed by atoms with van der Waals surface area (Å²) in [6.45, 7) is 0.457. The smallest absolute Gasteiger partial charge is 0.283 e. The Morgan fingerprint density at radius 3 is 2.75 bits per heavy atom. The summed E-state index contributed by atoms with van der Waals surface area (Å²) in [5, 5.41) is 20.3. The first-order valence-electron chi connectivity index (χ1n) is 6.26. The van der Waals surface area contributed by atoms with Crippen molar-refractivity contribution in [1.29, 1.82) is 0 Å². The van der Waals surface area contributed by atoms with Gasteiger partial charge in [-0.1, -0.05) is 17.7 Å². The van der Waals surface area contributed by atoms with E-state index in [9.17, 15) is 20.0 Å². The molecular weight excluding hydrogens is 284 g/mol. The highest BCUT2D eigenvalue weighted by Gasteiger charge is 2.31.